The van der Waals surface area contributed by atoms with Crippen LogP contribution in [0.4, 0.5) is 0 Å². The number of amidine groups is 1. The molecular weight excluding hydrogens is 246 g/mol. The Morgan fingerprint density at radius 2 is 1.50 bits per heavy atom. The fourth-order valence-electron chi connectivity index (χ4n) is 1.74. The highest BCUT2D eigenvalue weighted by molar-refractivity contribution is 6.03. The standard InChI is InChI=1S/C17H17N3/c1-13-9-11-16(12-10-13)17(18-3)20-19-14(2)15-7-5-4-6-8-15/h4-12H,3H2,1-2H3/b19-14+,20-17-. The van der Waals surface area contributed by atoms with Crippen LogP contribution in [0.1, 0.15) is 23.6 Å². The first-order valence-corrected chi connectivity index (χ1v) is 6.42. The van der Waals surface area contributed by atoms with E-state index in [2.05, 4.69) is 21.9 Å². The molecule has 0 heterocycles. The highest BCUT2D eigenvalue weighted by atomic mass is 15.2. The largest absolute Gasteiger partial charge is 0.243 e. The van der Waals surface area contributed by atoms with Gasteiger partial charge in [-0.3, -0.25) is 0 Å². The Morgan fingerprint density at radius 1 is 0.850 bits per heavy atom. The van der Waals surface area contributed by atoms with Gasteiger partial charge in [-0.15, -0.1) is 5.10 Å². The number of aliphatic imine (C=N–C) groups is 1. The summed E-state index contributed by atoms with van der Waals surface area (Å²) in [6.07, 6.45) is 0. The molecule has 2 rings (SSSR count). The van der Waals surface area contributed by atoms with Crippen LogP contribution >= 0.6 is 0 Å². The zero-order valence-electron chi connectivity index (χ0n) is 11.7. The van der Waals surface area contributed by atoms with Crippen molar-refractivity contribution in [3.8, 4) is 0 Å². The summed E-state index contributed by atoms with van der Waals surface area (Å²) in [5.74, 6) is 0.528. The first kappa shape index (κ1) is 13.9. The van der Waals surface area contributed by atoms with Gasteiger partial charge in [-0.1, -0.05) is 60.2 Å². The van der Waals surface area contributed by atoms with Crippen LogP contribution in [-0.2, 0) is 0 Å². The molecule has 0 aromatic heterocycles. The Balaban J connectivity index is 2.28. The van der Waals surface area contributed by atoms with Gasteiger partial charge >= 0.3 is 0 Å². The van der Waals surface area contributed by atoms with Crippen molar-refractivity contribution in [1.29, 1.82) is 0 Å². The quantitative estimate of drug-likeness (QED) is 0.458. The fourth-order valence-corrected chi connectivity index (χ4v) is 1.74. The van der Waals surface area contributed by atoms with E-state index >= 15 is 0 Å². The van der Waals surface area contributed by atoms with E-state index in [9.17, 15) is 0 Å². The summed E-state index contributed by atoms with van der Waals surface area (Å²) < 4.78 is 0. The van der Waals surface area contributed by atoms with Crippen molar-refractivity contribution in [2.75, 3.05) is 0 Å². The summed E-state index contributed by atoms with van der Waals surface area (Å²) in [6.45, 7) is 7.53. The van der Waals surface area contributed by atoms with Crippen molar-refractivity contribution in [2.45, 2.75) is 13.8 Å². The molecule has 2 aromatic carbocycles. The zero-order chi connectivity index (χ0) is 14.4. The van der Waals surface area contributed by atoms with Gasteiger partial charge < -0.3 is 0 Å². The van der Waals surface area contributed by atoms with E-state index in [1.165, 1.54) is 5.56 Å². The second-order valence-corrected chi connectivity index (χ2v) is 4.50. The molecule has 100 valence electrons. The lowest BCUT2D eigenvalue weighted by Crippen LogP contribution is -1.98. The number of hydrogen-bond acceptors (Lipinski definition) is 2. The van der Waals surface area contributed by atoms with Gasteiger partial charge in [-0.05, 0) is 26.1 Å². The van der Waals surface area contributed by atoms with Gasteiger partial charge in [-0.25, -0.2) is 4.99 Å². The minimum Gasteiger partial charge on any atom is -0.243 e. The molecule has 2 aromatic rings. The predicted molar refractivity (Wildman–Crippen MR) is 85.9 cm³/mol. The van der Waals surface area contributed by atoms with Crippen molar-refractivity contribution < 1.29 is 0 Å². The highest BCUT2D eigenvalue weighted by Gasteiger charge is 2.00. The molecule has 3 heteroatoms. The Morgan fingerprint density at radius 3 is 2.10 bits per heavy atom. The summed E-state index contributed by atoms with van der Waals surface area (Å²) in [4.78, 5) is 3.95. The number of aryl methyl sites for hydroxylation is 1. The number of hydrogen-bond donors (Lipinski definition) is 0. The first-order valence-electron chi connectivity index (χ1n) is 6.42. The molecule has 0 fully saturated rings. The van der Waals surface area contributed by atoms with Crippen LogP contribution in [0.15, 0.2) is 69.8 Å². The summed E-state index contributed by atoms with van der Waals surface area (Å²) in [7, 11) is 0. The molecule has 0 saturated carbocycles. The van der Waals surface area contributed by atoms with Crippen molar-refractivity contribution >= 4 is 18.3 Å². The minimum absolute atomic E-state index is 0.528. The normalized spacial score (nSPS) is 12.3. The van der Waals surface area contributed by atoms with Crippen molar-refractivity contribution in [3.05, 3.63) is 71.3 Å². The van der Waals surface area contributed by atoms with E-state index < -0.39 is 0 Å². The van der Waals surface area contributed by atoms with E-state index in [4.69, 9.17) is 0 Å². The monoisotopic (exact) mass is 263 g/mol. The molecule has 0 aliphatic heterocycles. The lowest BCUT2D eigenvalue weighted by atomic mass is 10.1. The summed E-state index contributed by atoms with van der Waals surface area (Å²) >= 11 is 0. The van der Waals surface area contributed by atoms with E-state index in [0.29, 0.717) is 5.84 Å². The van der Waals surface area contributed by atoms with Gasteiger partial charge in [0.15, 0.2) is 5.84 Å². The molecule has 0 aliphatic rings. The Bertz CT molecular complexity index is 638. The smallest absolute Gasteiger partial charge is 0.181 e. The lowest BCUT2D eigenvalue weighted by Gasteiger charge is -2.01. The molecule has 0 spiro atoms. The van der Waals surface area contributed by atoms with Crippen LogP contribution in [0, 0.1) is 6.92 Å². The highest BCUT2D eigenvalue weighted by Crippen LogP contribution is 2.07. The molecule has 0 aliphatic carbocycles. The third-order valence-corrected chi connectivity index (χ3v) is 2.95. The van der Waals surface area contributed by atoms with Crippen LogP contribution in [0.2, 0.25) is 0 Å². The van der Waals surface area contributed by atoms with Gasteiger partial charge in [0.1, 0.15) is 0 Å². The van der Waals surface area contributed by atoms with E-state index in [-0.39, 0.29) is 0 Å². The number of benzene rings is 2. The van der Waals surface area contributed by atoms with Crippen LogP contribution in [0.25, 0.3) is 0 Å². The molecular formula is C17H17N3. The average molecular weight is 263 g/mol. The van der Waals surface area contributed by atoms with Crippen LogP contribution in [0.3, 0.4) is 0 Å². The Hall–Kier alpha value is -2.55. The molecule has 0 radical (unpaired) electrons. The Kier molecular flexibility index (Phi) is 4.56. The lowest BCUT2D eigenvalue weighted by molar-refractivity contribution is 1.21. The summed E-state index contributed by atoms with van der Waals surface area (Å²) in [5.41, 5.74) is 4.00. The predicted octanol–water partition coefficient (Wildman–Crippen LogP) is 3.87. The maximum Gasteiger partial charge on any atom is 0.181 e. The Labute approximate surface area is 119 Å². The minimum atomic E-state index is 0.528. The van der Waals surface area contributed by atoms with Crippen LogP contribution in [0.5, 0.6) is 0 Å². The second kappa shape index (κ2) is 6.57. The van der Waals surface area contributed by atoms with Gasteiger partial charge in [0.05, 0.1) is 5.71 Å². The van der Waals surface area contributed by atoms with Gasteiger partial charge in [0.25, 0.3) is 0 Å². The third kappa shape index (κ3) is 3.48. The maximum absolute atomic E-state index is 4.24. The van der Waals surface area contributed by atoms with E-state index in [1.807, 2.05) is 68.4 Å². The topological polar surface area (TPSA) is 37.1 Å². The van der Waals surface area contributed by atoms with Crippen molar-refractivity contribution in [1.82, 2.24) is 0 Å². The molecule has 0 N–H and O–H groups in total. The number of nitrogens with zero attached hydrogens (tertiary/aromatic N) is 3. The molecule has 0 atom stereocenters. The van der Waals surface area contributed by atoms with Gasteiger partial charge in [0, 0.05) is 5.56 Å². The molecule has 0 unspecified atom stereocenters. The van der Waals surface area contributed by atoms with Crippen LogP contribution in [-0.4, -0.2) is 18.3 Å². The van der Waals surface area contributed by atoms with Gasteiger partial charge in [-0.2, -0.15) is 5.10 Å². The molecule has 0 amide bonds. The molecule has 0 saturated heterocycles. The summed E-state index contributed by atoms with van der Waals surface area (Å²) in [6, 6.07) is 17.9. The maximum atomic E-state index is 4.24. The third-order valence-electron chi connectivity index (χ3n) is 2.95. The molecule has 0 bridgehead atoms. The van der Waals surface area contributed by atoms with Gasteiger partial charge in [0.2, 0.25) is 0 Å². The summed E-state index contributed by atoms with van der Waals surface area (Å²) in [5, 5.41) is 8.43. The van der Waals surface area contributed by atoms with E-state index in [0.717, 1.165) is 16.8 Å². The molecule has 20 heavy (non-hydrogen) atoms. The van der Waals surface area contributed by atoms with Crippen molar-refractivity contribution in [3.63, 3.8) is 0 Å². The van der Waals surface area contributed by atoms with Crippen LogP contribution < -0.4 is 0 Å². The SMILES string of the molecule is C=N/C(=N\N=C(/C)c1ccccc1)c1ccc(C)cc1. The average Bonchev–Trinajstić information content (AvgIpc) is 2.50. The zero-order valence-corrected chi connectivity index (χ0v) is 11.7. The van der Waals surface area contributed by atoms with Crippen molar-refractivity contribution in [2.24, 2.45) is 15.2 Å². The fraction of sp³-hybridized carbons (Fsp3) is 0.118. The second-order valence-electron chi connectivity index (χ2n) is 4.50. The molecule has 3 nitrogen and oxygen atoms in total. The first-order chi connectivity index (χ1) is 9.70. The van der Waals surface area contributed by atoms with E-state index in [1.54, 1.807) is 0 Å². The number of rotatable bonds is 3.